The standard InChI is InChI=1S/C22H26O5/c1-21(2,3)26-19(23)15-7-11-17(12-8-15)25-18-13-9-16(10-14-18)20(24)27-22(4,5)6/h7-14H,1-6H3. The Hall–Kier alpha value is -2.82. The molecular formula is C22H26O5. The van der Waals surface area contributed by atoms with Crippen LogP contribution in [0.25, 0.3) is 0 Å². The molecule has 2 rings (SSSR count). The van der Waals surface area contributed by atoms with Gasteiger partial charge in [0.2, 0.25) is 0 Å². The first-order chi connectivity index (χ1) is 12.4. The Bertz CT molecular complexity index is 721. The molecule has 5 heteroatoms. The zero-order chi connectivity index (χ0) is 20.2. The molecule has 0 amide bonds. The number of benzene rings is 2. The highest BCUT2D eigenvalue weighted by Gasteiger charge is 2.19. The minimum atomic E-state index is -0.540. The fourth-order valence-electron chi connectivity index (χ4n) is 2.13. The van der Waals surface area contributed by atoms with Gasteiger partial charge in [0.25, 0.3) is 0 Å². The molecule has 0 spiro atoms. The molecule has 2 aromatic carbocycles. The number of hydrogen-bond donors (Lipinski definition) is 0. The maximum atomic E-state index is 12.0. The topological polar surface area (TPSA) is 61.8 Å². The van der Waals surface area contributed by atoms with Gasteiger partial charge < -0.3 is 14.2 Å². The SMILES string of the molecule is CC(C)(C)OC(=O)c1ccc(Oc2ccc(C(=O)OC(C)(C)C)cc2)cc1. The molecule has 0 aliphatic carbocycles. The summed E-state index contributed by atoms with van der Waals surface area (Å²) in [6, 6.07) is 13.4. The van der Waals surface area contributed by atoms with E-state index in [1.165, 1.54) is 0 Å². The van der Waals surface area contributed by atoms with E-state index in [1.807, 2.05) is 41.5 Å². The van der Waals surface area contributed by atoms with Crippen LogP contribution < -0.4 is 4.74 Å². The first kappa shape index (κ1) is 20.5. The summed E-state index contributed by atoms with van der Waals surface area (Å²) in [5, 5.41) is 0. The van der Waals surface area contributed by atoms with Crippen LogP contribution in [-0.4, -0.2) is 23.1 Å². The van der Waals surface area contributed by atoms with Gasteiger partial charge >= 0.3 is 11.9 Å². The predicted octanol–water partition coefficient (Wildman–Crippen LogP) is 5.39. The molecule has 27 heavy (non-hydrogen) atoms. The number of esters is 2. The molecular weight excluding hydrogens is 344 g/mol. The summed E-state index contributed by atoms with van der Waals surface area (Å²) in [6.45, 7) is 10.9. The van der Waals surface area contributed by atoms with E-state index in [-0.39, 0.29) is 11.9 Å². The minimum Gasteiger partial charge on any atom is -0.457 e. The van der Waals surface area contributed by atoms with Crippen LogP contribution in [-0.2, 0) is 9.47 Å². The molecule has 0 radical (unpaired) electrons. The van der Waals surface area contributed by atoms with E-state index >= 15 is 0 Å². The van der Waals surface area contributed by atoms with E-state index in [2.05, 4.69) is 0 Å². The van der Waals surface area contributed by atoms with Crippen molar-refractivity contribution in [3.63, 3.8) is 0 Å². The van der Waals surface area contributed by atoms with E-state index in [0.29, 0.717) is 22.6 Å². The van der Waals surface area contributed by atoms with Crippen LogP contribution in [0.2, 0.25) is 0 Å². The van der Waals surface area contributed by atoms with Crippen molar-refractivity contribution in [2.45, 2.75) is 52.7 Å². The van der Waals surface area contributed by atoms with E-state index in [1.54, 1.807) is 48.5 Å². The third-order valence-electron chi connectivity index (χ3n) is 3.21. The average molecular weight is 370 g/mol. The molecule has 0 atom stereocenters. The van der Waals surface area contributed by atoms with Crippen molar-refractivity contribution in [3.05, 3.63) is 59.7 Å². The van der Waals surface area contributed by atoms with Crippen molar-refractivity contribution in [2.75, 3.05) is 0 Å². The fourth-order valence-corrected chi connectivity index (χ4v) is 2.13. The smallest absolute Gasteiger partial charge is 0.338 e. The summed E-state index contributed by atoms with van der Waals surface area (Å²) in [5.41, 5.74) is -0.167. The van der Waals surface area contributed by atoms with Crippen LogP contribution in [0.3, 0.4) is 0 Å². The summed E-state index contributed by atoms with van der Waals surface area (Å²) < 4.78 is 16.4. The number of ether oxygens (including phenoxy) is 3. The largest absolute Gasteiger partial charge is 0.457 e. The van der Waals surface area contributed by atoms with Gasteiger partial charge in [-0.2, -0.15) is 0 Å². The minimum absolute atomic E-state index is 0.379. The van der Waals surface area contributed by atoms with Crippen LogP contribution in [0.5, 0.6) is 11.5 Å². The Balaban J connectivity index is 2.01. The normalized spacial score (nSPS) is 11.6. The first-order valence-electron chi connectivity index (χ1n) is 8.78. The lowest BCUT2D eigenvalue weighted by molar-refractivity contribution is 0.00570. The van der Waals surface area contributed by atoms with Gasteiger partial charge in [-0.15, -0.1) is 0 Å². The lowest BCUT2D eigenvalue weighted by atomic mass is 10.1. The van der Waals surface area contributed by atoms with Gasteiger partial charge in [-0.25, -0.2) is 9.59 Å². The molecule has 0 saturated heterocycles. The van der Waals surface area contributed by atoms with E-state index < -0.39 is 11.2 Å². The van der Waals surface area contributed by atoms with Crippen molar-refractivity contribution >= 4 is 11.9 Å². The quantitative estimate of drug-likeness (QED) is 0.675. The second kappa shape index (κ2) is 7.82. The van der Waals surface area contributed by atoms with Crippen molar-refractivity contribution in [1.29, 1.82) is 0 Å². The molecule has 0 N–H and O–H groups in total. The molecule has 2 aromatic rings. The van der Waals surface area contributed by atoms with Gasteiger partial charge in [0.15, 0.2) is 0 Å². The number of carbonyl (C=O) groups excluding carboxylic acids is 2. The van der Waals surface area contributed by atoms with Crippen LogP contribution in [0.4, 0.5) is 0 Å². The number of hydrogen-bond acceptors (Lipinski definition) is 5. The van der Waals surface area contributed by atoms with Crippen LogP contribution in [0.1, 0.15) is 62.3 Å². The summed E-state index contributed by atoms with van der Waals surface area (Å²) >= 11 is 0. The molecule has 0 saturated carbocycles. The van der Waals surface area contributed by atoms with E-state index in [0.717, 1.165) is 0 Å². The first-order valence-corrected chi connectivity index (χ1v) is 8.78. The Kier molecular flexibility index (Phi) is 5.94. The molecule has 0 bridgehead atoms. The van der Waals surface area contributed by atoms with Crippen molar-refractivity contribution in [3.8, 4) is 11.5 Å². The number of rotatable bonds is 4. The Morgan fingerprint density at radius 3 is 1.15 bits per heavy atom. The van der Waals surface area contributed by atoms with Gasteiger partial charge in [-0.1, -0.05) is 0 Å². The van der Waals surface area contributed by atoms with Crippen LogP contribution in [0.15, 0.2) is 48.5 Å². The van der Waals surface area contributed by atoms with Gasteiger partial charge in [-0.05, 0) is 90.1 Å². The molecule has 5 nitrogen and oxygen atoms in total. The predicted molar refractivity (Wildman–Crippen MR) is 103 cm³/mol. The highest BCUT2D eigenvalue weighted by molar-refractivity contribution is 5.90. The lowest BCUT2D eigenvalue weighted by Crippen LogP contribution is -2.23. The van der Waals surface area contributed by atoms with E-state index in [4.69, 9.17) is 14.2 Å². The summed E-state index contributed by atoms with van der Waals surface area (Å²) in [6.07, 6.45) is 0. The van der Waals surface area contributed by atoms with Crippen molar-refractivity contribution in [2.24, 2.45) is 0 Å². The van der Waals surface area contributed by atoms with Crippen LogP contribution in [0, 0.1) is 0 Å². The highest BCUT2D eigenvalue weighted by atomic mass is 16.6. The molecule has 0 aromatic heterocycles. The van der Waals surface area contributed by atoms with Gasteiger partial charge in [0.1, 0.15) is 22.7 Å². The molecule has 0 heterocycles. The zero-order valence-corrected chi connectivity index (χ0v) is 16.7. The third-order valence-corrected chi connectivity index (χ3v) is 3.21. The maximum Gasteiger partial charge on any atom is 0.338 e. The lowest BCUT2D eigenvalue weighted by Gasteiger charge is -2.19. The van der Waals surface area contributed by atoms with Crippen molar-refractivity contribution < 1.29 is 23.8 Å². The molecule has 0 fully saturated rings. The number of carbonyl (C=O) groups is 2. The Morgan fingerprint density at radius 1 is 0.593 bits per heavy atom. The summed E-state index contributed by atoms with van der Waals surface area (Å²) in [7, 11) is 0. The Morgan fingerprint density at radius 2 is 0.889 bits per heavy atom. The molecule has 144 valence electrons. The molecule has 0 unspecified atom stereocenters. The second-order valence-electron chi connectivity index (χ2n) is 8.15. The van der Waals surface area contributed by atoms with Crippen molar-refractivity contribution in [1.82, 2.24) is 0 Å². The van der Waals surface area contributed by atoms with Gasteiger partial charge in [0.05, 0.1) is 11.1 Å². The Labute approximate surface area is 160 Å². The monoisotopic (exact) mass is 370 g/mol. The molecule has 0 aliphatic heterocycles. The zero-order valence-electron chi connectivity index (χ0n) is 16.7. The van der Waals surface area contributed by atoms with Gasteiger partial charge in [-0.3, -0.25) is 0 Å². The van der Waals surface area contributed by atoms with Gasteiger partial charge in [0, 0.05) is 0 Å². The summed E-state index contributed by atoms with van der Waals surface area (Å²) in [4.78, 5) is 24.0. The average Bonchev–Trinajstić information content (AvgIpc) is 2.53. The third kappa shape index (κ3) is 6.77. The van der Waals surface area contributed by atoms with Crippen LogP contribution >= 0.6 is 0 Å². The fraction of sp³-hybridized carbons (Fsp3) is 0.364. The van der Waals surface area contributed by atoms with E-state index in [9.17, 15) is 9.59 Å². The summed E-state index contributed by atoms with van der Waals surface area (Å²) in [5.74, 6) is 0.395. The molecule has 0 aliphatic rings. The highest BCUT2D eigenvalue weighted by Crippen LogP contribution is 2.23. The maximum absolute atomic E-state index is 12.0. The second-order valence-corrected chi connectivity index (χ2v) is 8.15.